The summed E-state index contributed by atoms with van der Waals surface area (Å²) in [6.45, 7) is 4.36. The molecule has 2 aromatic heterocycles. The van der Waals surface area contributed by atoms with Crippen LogP contribution in [-0.4, -0.2) is 57.0 Å². The first-order valence-electron chi connectivity index (χ1n) is 13.2. The minimum absolute atomic E-state index is 0.0384. The molecule has 0 spiro atoms. The summed E-state index contributed by atoms with van der Waals surface area (Å²) in [4.78, 5) is 35.4. The van der Waals surface area contributed by atoms with E-state index in [-0.39, 0.29) is 29.8 Å². The number of piperidine rings is 1. The van der Waals surface area contributed by atoms with E-state index < -0.39 is 0 Å². The van der Waals surface area contributed by atoms with E-state index in [0.717, 1.165) is 74.3 Å². The molecule has 4 heterocycles. The number of aryl methyl sites for hydroxylation is 1. The molecule has 3 fully saturated rings. The summed E-state index contributed by atoms with van der Waals surface area (Å²) in [5, 5.41) is 8.26. The Bertz CT molecular complexity index is 1370. The maximum atomic E-state index is 13.9. The van der Waals surface area contributed by atoms with Gasteiger partial charge in [-0.3, -0.25) is 9.59 Å². The van der Waals surface area contributed by atoms with Crippen LogP contribution in [0.2, 0.25) is 5.02 Å². The Morgan fingerprint density at radius 1 is 1.11 bits per heavy atom. The van der Waals surface area contributed by atoms with Crippen LogP contribution in [0.1, 0.15) is 66.2 Å². The second-order valence-electron chi connectivity index (χ2n) is 10.6. The Morgan fingerprint density at radius 3 is 2.70 bits per heavy atom. The number of aromatic nitrogens is 3. The zero-order valence-electron chi connectivity index (χ0n) is 21.0. The van der Waals surface area contributed by atoms with Crippen LogP contribution in [0.4, 0.5) is 11.5 Å². The lowest BCUT2D eigenvalue weighted by atomic mass is 9.98. The van der Waals surface area contributed by atoms with Crippen molar-refractivity contribution in [2.75, 3.05) is 29.9 Å². The van der Waals surface area contributed by atoms with E-state index in [1.54, 1.807) is 18.2 Å². The lowest BCUT2D eigenvalue weighted by Gasteiger charge is -2.35. The van der Waals surface area contributed by atoms with Gasteiger partial charge >= 0.3 is 0 Å². The van der Waals surface area contributed by atoms with E-state index >= 15 is 0 Å². The van der Waals surface area contributed by atoms with Crippen LogP contribution in [0, 0.1) is 12.8 Å². The Labute approximate surface area is 221 Å². The average molecular weight is 522 g/mol. The summed E-state index contributed by atoms with van der Waals surface area (Å²) in [5.74, 6) is 0.796. The molecule has 1 saturated carbocycles. The van der Waals surface area contributed by atoms with Gasteiger partial charge in [0.15, 0.2) is 5.65 Å². The normalized spacial score (nSPS) is 22.0. The van der Waals surface area contributed by atoms with Gasteiger partial charge in [0.1, 0.15) is 5.82 Å². The number of benzene rings is 1. The average Bonchev–Trinajstić information content (AvgIpc) is 3.54. The van der Waals surface area contributed by atoms with Crippen LogP contribution in [0.5, 0.6) is 0 Å². The highest BCUT2D eigenvalue weighted by Gasteiger charge is 2.34. The molecule has 1 aromatic carbocycles. The number of nitrogens with two attached hydrogens (primary N) is 1. The summed E-state index contributed by atoms with van der Waals surface area (Å²) in [6.07, 6.45) is 7.48. The number of nitrogens with zero attached hydrogens (tertiary/aromatic N) is 5. The van der Waals surface area contributed by atoms with Crippen LogP contribution in [0.15, 0.2) is 30.5 Å². The van der Waals surface area contributed by atoms with E-state index in [2.05, 4.69) is 10.2 Å². The van der Waals surface area contributed by atoms with Crippen LogP contribution in [-0.2, 0) is 4.79 Å². The molecule has 1 unspecified atom stereocenters. The minimum atomic E-state index is -0.183. The molecule has 9 nitrogen and oxygen atoms in total. The number of hydrogen-bond donors (Lipinski definition) is 2. The smallest absolute Gasteiger partial charge is 0.256 e. The van der Waals surface area contributed by atoms with Gasteiger partial charge < -0.3 is 20.9 Å². The molecular weight excluding hydrogens is 490 g/mol. The van der Waals surface area contributed by atoms with Crippen LogP contribution >= 0.6 is 11.6 Å². The van der Waals surface area contributed by atoms with Crippen LogP contribution in [0.3, 0.4) is 0 Å². The second-order valence-corrected chi connectivity index (χ2v) is 11.0. The Hall–Kier alpha value is -3.17. The molecule has 0 radical (unpaired) electrons. The Balaban J connectivity index is 1.31. The molecular formula is C27H32ClN7O2. The van der Waals surface area contributed by atoms with Crippen molar-refractivity contribution in [2.24, 2.45) is 11.7 Å². The molecule has 2 aliphatic heterocycles. The fraction of sp³-hybridized carbons (Fsp3) is 0.481. The number of amides is 2. The summed E-state index contributed by atoms with van der Waals surface area (Å²) in [5.41, 5.74) is 9.68. The predicted molar refractivity (Wildman–Crippen MR) is 143 cm³/mol. The van der Waals surface area contributed by atoms with Crippen molar-refractivity contribution in [1.29, 1.82) is 0 Å². The van der Waals surface area contributed by atoms with Crippen molar-refractivity contribution in [3.63, 3.8) is 0 Å². The first kappa shape index (κ1) is 24.2. The number of rotatable bonds is 5. The number of fused-ring (bicyclic) bond motifs is 1. The predicted octanol–water partition coefficient (Wildman–Crippen LogP) is 3.94. The van der Waals surface area contributed by atoms with E-state index in [9.17, 15) is 9.59 Å². The number of halogens is 1. The largest absolute Gasteiger partial charge is 0.355 e. The number of nitrogens with one attached hydrogen (secondary N) is 1. The molecule has 3 N–H and O–H groups in total. The van der Waals surface area contributed by atoms with Crippen molar-refractivity contribution in [3.05, 3.63) is 52.3 Å². The second kappa shape index (κ2) is 9.61. The molecule has 3 aromatic rings. The molecule has 6 rings (SSSR count). The first-order chi connectivity index (χ1) is 17.9. The van der Waals surface area contributed by atoms with Crippen LogP contribution in [0.25, 0.3) is 5.65 Å². The number of anilines is 2. The zero-order chi connectivity index (χ0) is 25.7. The third-order valence-corrected chi connectivity index (χ3v) is 7.91. The Kier molecular flexibility index (Phi) is 6.28. The van der Waals surface area contributed by atoms with E-state index in [0.29, 0.717) is 22.8 Å². The lowest BCUT2D eigenvalue weighted by Crippen LogP contribution is -2.39. The van der Waals surface area contributed by atoms with Crippen molar-refractivity contribution in [2.45, 2.75) is 57.5 Å². The first-order valence-corrected chi connectivity index (χ1v) is 13.5. The fourth-order valence-electron chi connectivity index (χ4n) is 5.50. The third kappa shape index (κ3) is 4.78. The molecule has 3 aliphatic rings. The lowest BCUT2D eigenvalue weighted by molar-refractivity contribution is -0.117. The molecule has 10 heteroatoms. The number of hydrogen-bond acceptors (Lipinski definition) is 6. The van der Waals surface area contributed by atoms with E-state index in [1.807, 2.05) is 28.6 Å². The summed E-state index contributed by atoms with van der Waals surface area (Å²) >= 11 is 6.29. The molecule has 2 amide bonds. The van der Waals surface area contributed by atoms with Crippen molar-refractivity contribution >= 4 is 40.6 Å². The van der Waals surface area contributed by atoms with E-state index in [4.69, 9.17) is 27.4 Å². The quantitative estimate of drug-likeness (QED) is 0.526. The maximum Gasteiger partial charge on any atom is 0.256 e. The van der Waals surface area contributed by atoms with Crippen molar-refractivity contribution in [1.82, 2.24) is 19.5 Å². The SMILES string of the molecule is Cc1cn2nc([C@@H]3CCCCN3C(=O)c3cc(Cl)ccc3NC(=O)C3CC3)cc2nc1N1CCC(N)C1. The van der Waals surface area contributed by atoms with Crippen LogP contribution < -0.4 is 16.0 Å². The van der Waals surface area contributed by atoms with Gasteiger partial charge in [0.05, 0.1) is 23.0 Å². The highest BCUT2D eigenvalue weighted by Crippen LogP contribution is 2.35. The Morgan fingerprint density at radius 2 is 1.95 bits per heavy atom. The zero-order valence-corrected chi connectivity index (χ0v) is 21.7. The van der Waals surface area contributed by atoms with Gasteiger partial charge in [0.25, 0.3) is 5.91 Å². The summed E-state index contributed by atoms with van der Waals surface area (Å²) < 4.78 is 1.81. The molecule has 2 atom stereocenters. The monoisotopic (exact) mass is 521 g/mol. The molecule has 1 aliphatic carbocycles. The minimum Gasteiger partial charge on any atom is -0.355 e. The topological polar surface area (TPSA) is 109 Å². The van der Waals surface area contributed by atoms with Gasteiger partial charge in [0, 0.05) is 54.4 Å². The highest BCUT2D eigenvalue weighted by atomic mass is 35.5. The summed E-state index contributed by atoms with van der Waals surface area (Å²) in [7, 11) is 0. The molecule has 2 saturated heterocycles. The number of carbonyl (C=O) groups is 2. The third-order valence-electron chi connectivity index (χ3n) is 7.67. The van der Waals surface area contributed by atoms with E-state index in [1.165, 1.54) is 0 Å². The van der Waals surface area contributed by atoms with Gasteiger partial charge in [-0.2, -0.15) is 5.10 Å². The molecule has 37 heavy (non-hydrogen) atoms. The van der Waals surface area contributed by atoms with Gasteiger partial charge in [-0.25, -0.2) is 9.50 Å². The van der Waals surface area contributed by atoms with Crippen molar-refractivity contribution in [3.8, 4) is 0 Å². The highest BCUT2D eigenvalue weighted by molar-refractivity contribution is 6.31. The summed E-state index contributed by atoms with van der Waals surface area (Å²) in [6, 6.07) is 7.05. The number of carbonyl (C=O) groups excluding carboxylic acids is 2. The number of likely N-dealkylation sites (tertiary alicyclic amines) is 1. The molecule has 0 bridgehead atoms. The maximum absolute atomic E-state index is 13.9. The fourth-order valence-corrected chi connectivity index (χ4v) is 5.67. The van der Waals surface area contributed by atoms with Crippen molar-refractivity contribution < 1.29 is 9.59 Å². The van der Waals surface area contributed by atoms with Gasteiger partial charge in [-0.15, -0.1) is 0 Å². The van der Waals surface area contributed by atoms with Gasteiger partial charge in [-0.1, -0.05) is 11.6 Å². The van der Waals surface area contributed by atoms with Gasteiger partial charge in [0.2, 0.25) is 5.91 Å². The van der Waals surface area contributed by atoms with Gasteiger partial charge in [-0.05, 0) is 63.6 Å². The standard InChI is InChI=1S/C27H32ClN7O2/c1-16-14-35-24(31-25(16)33-11-9-19(29)15-33)13-22(32-35)23-4-2-3-10-34(23)27(37)20-12-18(28)7-8-21(20)30-26(36)17-5-6-17/h7-8,12-14,17,19,23H,2-6,9-11,15,29H2,1H3,(H,30,36)/t19?,23-/m0/s1. The molecule has 194 valence electrons.